The second-order valence-corrected chi connectivity index (χ2v) is 7.74. The molecule has 0 aromatic heterocycles. The summed E-state index contributed by atoms with van der Waals surface area (Å²) in [4.78, 5) is 5.16. The zero-order valence-corrected chi connectivity index (χ0v) is 14.8. The topological polar surface area (TPSA) is 18.5 Å². The second-order valence-electron chi connectivity index (χ2n) is 7.74. The first-order valence-electron chi connectivity index (χ1n) is 8.46. The van der Waals surface area contributed by atoms with Gasteiger partial charge in [-0.05, 0) is 65.6 Å². The van der Waals surface area contributed by atoms with Crippen LogP contribution >= 0.6 is 0 Å². The minimum atomic E-state index is 0.217. The molecule has 0 radical (unpaired) electrons. The first kappa shape index (κ1) is 17.9. The van der Waals surface area contributed by atoms with Crippen LogP contribution < -0.4 is 5.32 Å². The van der Waals surface area contributed by atoms with E-state index < -0.39 is 0 Å². The molecule has 1 rings (SSSR count). The minimum absolute atomic E-state index is 0.217. The van der Waals surface area contributed by atoms with Crippen LogP contribution in [-0.2, 0) is 0 Å². The second kappa shape index (κ2) is 7.77. The third kappa shape index (κ3) is 6.11. The van der Waals surface area contributed by atoms with Crippen LogP contribution in [0.5, 0.6) is 0 Å². The number of hydrogen-bond donors (Lipinski definition) is 1. The molecule has 1 fully saturated rings. The van der Waals surface area contributed by atoms with Crippen LogP contribution in [0.3, 0.4) is 0 Å². The number of nitrogens with one attached hydrogen (secondary N) is 1. The van der Waals surface area contributed by atoms with Crippen molar-refractivity contribution < 1.29 is 0 Å². The normalized spacial score (nSPS) is 20.1. The maximum atomic E-state index is 3.74. The summed E-state index contributed by atoms with van der Waals surface area (Å²) in [5.74, 6) is 0. The lowest BCUT2D eigenvalue weighted by Gasteiger charge is -2.39. The number of rotatable bonds is 6. The van der Waals surface area contributed by atoms with Gasteiger partial charge in [-0.3, -0.25) is 0 Å². The average Bonchev–Trinajstić information content (AvgIpc) is 2.59. The van der Waals surface area contributed by atoms with Crippen molar-refractivity contribution in [1.82, 2.24) is 15.1 Å². The number of likely N-dealkylation sites (N-methyl/N-ethyl adjacent to an activating group) is 1. The van der Waals surface area contributed by atoms with E-state index in [1.165, 1.54) is 52.0 Å². The Kier molecular flexibility index (Phi) is 6.96. The molecule has 1 heterocycles. The van der Waals surface area contributed by atoms with Crippen LogP contribution in [0.4, 0.5) is 0 Å². The van der Waals surface area contributed by atoms with E-state index in [0.717, 1.165) is 6.54 Å². The molecule has 0 aromatic rings. The van der Waals surface area contributed by atoms with E-state index in [1.54, 1.807) is 0 Å². The Morgan fingerprint density at radius 2 is 1.60 bits per heavy atom. The van der Waals surface area contributed by atoms with Gasteiger partial charge in [-0.15, -0.1) is 0 Å². The van der Waals surface area contributed by atoms with Crippen LogP contribution in [0.25, 0.3) is 0 Å². The molecule has 0 bridgehead atoms. The molecular weight excluding hydrogens is 246 g/mol. The predicted octanol–water partition coefficient (Wildman–Crippen LogP) is 2.82. The number of hydrogen-bond acceptors (Lipinski definition) is 3. The van der Waals surface area contributed by atoms with Gasteiger partial charge in [0.15, 0.2) is 0 Å². The maximum Gasteiger partial charge on any atom is 0.0109 e. The van der Waals surface area contributed by atoms with E-state index in [2.05, 4.69) is 56.8 Å². The van der Waals surface area contributed by atoms with Gasteiger partial charge in [-0.1, -0.05) is 13.8 Å². The van der Waals surface area contributed by atoms with Gasteiger partial charge in [0.05, 0.1) is 0 Å². The molecule has 1 saturated heterocycles. The Morgan fingerprint density at radius 1 is 0.950 bits per heavy atom. The van der Waals surface area contributed by atoms with Gasteiger partial charge in [-0.2, -0.15) is 0 Å². The Morgan fingerprint density at radius 3 is 2.15 bits per heavy atom. The third-order valence-electron chi connectivity index (χ3n) is 4.86. The smallest absolute Gasteiger partial charge is 0.0109 e. The van der Waals surface area contributed by atoms with E-state index in [9.17, 15) is 0 Å². The van der Waals surface area contributed by atoms with E-state index in [0.29, 0.717) is 5.41 Å². The summed E-state index contributed by atoms with van der Waals surface area (Å²) < 4.78 is 0. The zero-order chi connectivity index (χ0) is 15.2. The summed E-state index contributed by atoms with van der Waals surface area (Å²) in [5, 5.41) is 3.74. The molecule has 1 N–H and O–H groups in total. The zero-order valence-electron chi connectivity index (χ0n) is 14.8. The molecule has 1 aliphatic rings. The van der Waals surface area contributed by atoms with Crippen LogP contribution in [-0.4, -0.2) is 61.7 Å². The van der Waals surface area contributed by atoms with Crippen molar-refractivity contribution in [1.29, 1.82) is 0 Å². The van der Waals surface area contributed by atoms with Crippen molar-refractivity contribution >= 4 is 0 Å². The molecule has 3 heteroatoms. The van der Waals surface area contributed by atoms with Crippen molar-refractivity contribution in [2.24, 2.45) is 5.41 Å². The highest BCUT2D eigenvalue weighted by atomic mass is 15.2. The summed E-state index contributed by atoms with van der Waals surface area (Å²) >= 11 is 0. The van der Waals surface area contributed by atoms with Gasteiger partial charge in [0.2, 0.25) is 0 Å². The predicted molar refractivity (Wildman–Crippen MR) is 89.3 cm³/mol. The van der Waals surface area contributed by atoms with Crippen LogP contribution in [0.1, 0.15) is 53.9 Å². The SMILES string of the molecule is CCC(CC)(CNC(C)(C)C)CN1CCCN(C)CC1. The molecule has 1 aliphatic heterocycles. The van der Waals surface area contributed by atoms with Gasteiger partial charge in [-0.25, -0.2) is 0 Å². The monoisotopic (exact) mass is 283 g/mol. The van der Waals surface area contributed by atoms with Gasteiger partial charge in [0, 0.05) is 31.7 Å². The summed E-state index contributed by atoms with van der Waals surface area (Å²) in [5.41, 5.74) is 0.644. The van der Waals surface area contributed by atoms with Crippen molar-refractivity contribution in [3.05, 3.63) is 0 Å². The molecule has 0 aromatic carbocycles. The Bertz CT molecular complexity index is 266. The average molecular weight is 284 g/mol. The highest BCUT2D eigenvalue weighted by Crippen LogP contribution is 2.28. The maximum absolute atomic E-state index is 3.74. The quantitative estimate of drug-likeness (QED) is 0.809. The van der Waals surface area contributed by atoms with Crippen LogP contribution in [0.15, 0.2) is 0 Å². The molecule has 20 heavy (non-hydrogen) atoms. The molecule has 0 unspecified atom stereocenters. The lowest BCUT2D eigenvalue weighted by molar-refractivity contribution is 0.129. The Labute approximate surface area is 127 Å². The highest BCUT2D eigenvalue weighted by Gasteiger charge is 2.30. The van der Waals surface area contributed by atoms with Crippen molar-refractivity contribution in [3.63, 3.8) is 0 Å². The molecule has 0 spiro atoms. The molecule has 0 amide bonds. The van der Waals surface area contributed by atoms with Crippen LogP contribution in [0.2, 0.25) is 0 Å². The van der Waals surface area contributed by atoms with E-state index >= 15 is 0 Å². The van der Waals surface area contributed by atoms with Gasteiger partial charge < -0.3 is 15.1 Å². The fraction of sp³-hybridized carbons (Fsp3) is 1.00. The van der Waals surface area contributed by atoms with Gasteiger partial charge in [0.25, 0.3) is 0 Å². The summed E-state index contributed by atoms with van der Waals surface area (Å²) in [6.07, 6.45) is 3.84. The molecular formula is C17H37N3. The lowest BCUT2D eigenvalue weighted by Crippen LogP contribution is -2.49. The molecule has 120 valence electrons. The fourth-order valence-electron chi connectivity index (χ4n) is 2.96. The lowest BCUT2D eigenvalue weighted by atomic mass is 9.81. The molecule has 0 atom stereocenters. The Hall–Kier alpha value is -0.120. The minimum Gasteiger partial charge on any atom is -0.311 e. The fourth-order valence-corrected chi connectivity index (χ4v) is 2.96. The third-order valence-corrected chi connectivity index (χ3v) is 4.86. The van der Waals surface area contributed by atoms with Crippen molar-refractivity contribution in [2.45, 2.75) is 59.4 Å². The van der Waals surface area contributed by atoms with Crippen molar-refractivity contribution in [2.75, 3.05) is 46.3 Å². The summed E-state index contributed by atoms with van der Waals surface area (Å²) in [6, 6.07) is 0. The Balaban J connectivity index is 2.60. The largest absolute Gasteiger partial charge is 0.311 e. The first-order chi connectivity index (χ1) is 9.30. The number of nitrogens with zero attached hydrogens (tertiary/aromatic N) is 2. The van der Waals surface area contributed by atoms with E-state index in [4.69, 9.17) is 0 Å². The molecule has 3 nitrogen and oxygen atoms in total. The van der Waals surface area contributed by atoms with Crippen LogP contribution in [0, 0.1) is 5.41 Å². The van der Waals surface area contributed by atoms with Gasteiger partial charge >= 0.3 is 0 Å². The summed E-state index contributed by atoms with van der Waals surface area (Å²) in [7, 11) is 2.25. The standard InChI is InChI=1S/C17H37N3/c1-7-17(8-2,14-18-16(3,4)5)15-20-11-9-10-19(6)12-13-20/h18H,7-15H2,1-6H3. The van der Waals surface area contributed by atoms with Crippen molar-refractivity contribution in [3.8, 4) is 0 Å². The van der Waals surface area contributed by atoms with Gasteiger partial charge in [0.1, 0.15) is 0 Å². The highest BCUT2D eigenvalue weighted by molar-refractivity contribution is 4.86. The molecule has 0 saturated carbocycles. The van der Waals surface area contributed by atoms with E-state index in [1.807, 2.05) is 0 Å². The van der Waals surface area contributed by atoms with E-state index in [-0.39, 0.29) is 5.54 Å². The first-order valence-corrected chi connectivity index (χ1v) is 8.46. The molecule has 0 aliphatic carbocycles. The summed E-state index contributed by atoms with van der Waals surface area (Å²) in [6.45, 7) is 18.9.